The molecule has 2 N–H and O–H groups in total. The fourth-order valence-electron chi connectivity index (χ4n) is 1.89. The molecule has 6 nitrogen and oxygen atoms in total. The summed E-state index contributed by atoms with van der Waals surface area (Å²) in [5.41, 5.74) is 4.23. The maximum atomic E-state index is 12.1. The molecule has 0 atom stereocenters. The molecule has 0 saturated heterocycles. The third kappa shape index (κ3) is 3.89. The van der Waals surface area contributed by atoms with Gasteiger partial charge in [0.2, 0.25) is 5.95 Å². The maximum Gasteiger partial charge on any atom is 0.279 e. The fourth-order valence-corrected chi connectivity index (χ4v) is 2.15. The molecule has 0 saturated carbocycles. The topological polar surface area (TPSA) is 83.0 Å². The van der Waals surface area contributed by atoms with E-state index in [9.17, 15) is 4.79 Å². The van der Waals surface area contributed by atoms with Gasteiger partial charge < -0.3 is 0 Å². The molecule has 0 aliphatic heterocycles. The zero-order valence-corrected chi connectivity index (χ0v) is 13.5. The summed E-state index contributed by atoms with van der Waals surface area (Å²) in [4.78, 5) is 14.7. The summed E-state index contributed by atoms with van der Waals surface area (Å²) >= 11 is 3.37. The molecule has 1 aromatic heterocycles. The summed E-state index contributed by atoms with van der Waals surface area (Å²) in [6.07, 6.45) is 1.62. The van der Waals surface area contributed by atoms with Gasteiger partial charge in [-0.05, 0) is 17.7 Å². The van der Waals surface area contributed by atoms with E-state index < -0.39 is 0 Å². The highest BCUT2D eigenvalue weighted by atomic mass is 79.9. The highest BCUT2D eigenvalue weighted by Gasteiger charge is 2.06. The van der Waals surface area contributed by atoms with Crippen molar-refractivity contribution in [1.82, 2.24) is 15.2 Å². The van der Waals surface area contributed by atoms with Crippen LogP contribution in [-0.4, -0.2) is 21.4 Å². The lowest BCUT2D eigenvalue weighted by molar-refractivity contribution is 0.947. The van der Waals surface area contributed by atoms with Crippen LogP contribution in [0.3, 0.4) is 0 Å². The standard InChI is InChI=1S/C16H12BrN5O/c17-13-8-6-11(7-9-13)10-18-21-16-19-15(23)14(20-22-16)12-4-2-1-3-5-12/h1-10H,(H2,19,21,22,23)/b18-10-. The van der Waals surface area contributed by atoms with Crippen molar-refractivity contribution >= 4 is 28.1 Å². The normalized spacial score (nSPS) is 10.8. The van der Waals surface area contributed by atoms with Crippen LogP contribution >= 0.6 is 15.9 Å². The molecule has 0 unspecified atom stereocenters. The number of halogens is 1. The Labute approximate surface area is 140 Å². The van der Waals surface area contributed by atoms with Gasteiger partial charge in [0.25, 0.3) is 5.56 Å². The number of H-pyrrole nitrogens is 1. The fraction of sp³-hybridized carbons (Fsp3) is 0. The molecule has 0 spiro atoms. The molecule has 114 valence electrons. The molecule has 1 heterocycles. The third-order valence-electron chi connectivity index (χ3n) is 3.00. The minimum absolute atomic E-state index is 0.183. The van der Waals surface area contributed by atoms with Crippen LogP contribution in [0, 0.1) is 0 Å². The van der Waals surface area contributed by atoms with Gasteiger partial charge in [-0.25, -0.2) is 5.43 Å². The van der Waals surface area contributed by atoms with Gasteiger partial charge in [-0.2, -0.15) is 5.10 Å². The lowest BCUT2D eigenvalue weighted by atomic mass is 10.2. The van der Waals surface area contributed by atoms with E-state index in [-0.39, 0.29) is 17.2 Å². The number of rotatable bonds is 4. The SMILES string of the molecule is O=c1[nH]c(N/N=C\c2ccc(Br)cc2)nnc1-c1ccccc1. The maximum absolute atomic E-state index is 12.1. The second kappa shape index (κ2) is 6.97. The van der Waals surface area contributed by atoms with E-state index >= 15 is 0 Å². The Morgan fingerprint density at radius 1 is 1.04 bits per heavy atom. The van der Waals surface area contributed by atoms with Crippen LogP contribution in [0.15, 0.2) is 69.0 Å². The molecule has 3 rings (SSSR count). The first-order valence-corrected chi connectivity index (χ1v) is 7.59. The number of aromatic amines is 1. The first kappa shape index (κ1) is 15.1. The van der Waals surface area contributed by atoms with Gasteiger partial charge in [0.15, 0.2) is 5.69 Å². The number of hydrogen-bond donors (Lipinski definition) is 2. The molecule has 3 aromatic rings. The second-order valence-corrected chi connectivity index (χ2v) is 5.55. The van der Waals surface area contributed by atoms with Crippen molar-refractivity contribution in [2.45, 2.75) is 0 Å². The van der Waals surface area contributed by atoms with Crippen molar-refractivity contribution in [2.24, 2.45) is 5.10 Å². The molecule has 0 bridgehead atoms. The molecule has 0 fully saturated rings. The molecular formula is C16H12BrN5O. The Bertz CT molecular complexity index is 875. The average molecular weight is 370 g/mol. The van der Waals surface area contributed by atoms with Crippen LogP contribution in [0.5, 0.6) is 0 Å². The summed E-state index contributed by atoms with van der Waals surface area (Å²) in [5.74, 6) is 0.183. The Balaban J connectivity index is 1.73. The second-order valence-electron chi connectivity index (χ2n) is 4.64. The summed E-state index contributed by atoms with van der Waals surface area (Å²) in [6, 6.07) is 16.8. The highest BCUT2D eigenvalue weighted by Crippen LogP contribution is 2.11. The Hall–Kier alpha value is -2.80. The summed E-state index contributed by atoms with van der Waals surface area (Å²) in [7, 11) is 0. The zero-order valence-electron chi connectivity index (χ0n) is 11.9. The van der Waals surface area contributed by atoms with Crippen molar-refractivity contribution in [3.8, 4) is 11.3 Å². The lowest BCUT2D eigenvalue weighted by Crippen LogP contribution is -2.15. The third-order valence-corrected chi connectivity index (χ3v) is 3.53. The van der Waals surface area contributed by atoms with Crippen LogP contribution in [0.25, 0.3) is 11.3 Å². The number of anilines is 1. The molecule has 0 aliphatic rings. The Kier molecular flexibility index (Phi) is 4.58. The average Bonchev–Trinajstić information content (AvgIpc) is 2.58. The minimum atomic E-state index is -0.326. The van der Waals surface area contributed by atoms with Crippen molar-refractivity contribution < 1.29 is 0 Å². The summed E-state index contributed by atoms with van der Waals surface area (Å²) < 4.78 is 0.995. The van der Waals surface area contributed by atoms with E-state index in [2.05, 4.69) is 41.6 Å². The van der Waals surface area contributed by atoms with Gasteiger partial charge >= 0.3 is 0 Å². The molecule has 2 aromatic carbocycles. The summed E-state index contributed by atoms with van der Waals surface area (Å²) in [6.45, 7) is 0. The van der Waals surface area contributed by atoms with Crippen LogP contribution in [0.4, 0.5) is 5.95 Å². The number of nitrogens with one attached hydrogen (secondary N) is 2. The quantitative estimate of drug-likeness (QED) is 0.546. The van der Waals surface area contributed by atoms with Crippen LogP contribution in [-0.2, 0) is 0 Å². The van der Waals surface area contributed by atoms with Crippen molar-refractivity contribution in [3.05, 3.63) is 75.0 Å². The first-order valence-electron chi connectivity index (χ1n) is 6.79. The minimum Gasteiger partial charge on any atom is -0.288 e. The van der Waals surface area contributed by atoms with Gasteiger partial charge in [0.05, 0.1) is 6.21 Å². The predicted molar refractivity (Wildman–Crippen MR) is 93.4 cm³/mol. The van der Waals surface area contributed by atoms with Gasteiger partial charge in [-0.15, -0.1) is 10.2 Å². The summed E-state index contributed by atoms with van der Waals surface area (Å²) in [5, 5.41) is 11.9. The number of hydrogen-bond acceptors (Lipinski definition) is 5. The predicted octanol–water partition coefficient (Wildman–Crippen LogP) is 3.04. The number of hydrazone groups is 1. The van der Waals surface area contributed by atoms with E-state index in [0.29, 0.717) is 5.56 Å². The van der Waals surface area contributed by atoms with Gasteiger partial charge in [-0.3, -0.25) is 9.78 Å². The lowest BCUT2D eigenvalue weighted by Gasteiger charge is -2.01. The number of benzene rings is 2. The molecular weight excluding hydrogens is 358 g/mol. The number of nitrogens with zero attached hydrogens (tertiary/aromatic N) is 3. The number of aromatic nitrogens is 3. The van der Waals surface area contributed by atoms with E-state index in [1.54, 1.807) is 18.3 Å². The van der Waals surface area contributed by atoms with E-state index in [0.717, 1.165) is 10.0 Å². The zero-order chi connectivity index (χ0) is 16.1. The van der Waals surface area contributed by atoms with E-state index in [4.69, 9.17) is 0 Å². The molecule has 0 amide bonds. The van der Waals surface area contributed by atoms with Gasteiger partial charge in [0, 0.05) is 10.0 Å². The molecule has 23 heavy (non-hydrogen) atoms. The Morgan fingerprint density at radius 2 is 1.78 bits per heavy atom. The van der Waals surface area contributed by atoms with E-state index in [1.807, 2.05) is 42.5 Å². The van der Waals surface area contributed by atoms with Crippen LogP contribution < -0.4 is 11.0 Å². The van der Waals surface area contributed by atoms with Crippen LogP contribution in [0.1, 0.15) is 5.56 Å². The van der Waals surface area contributed by atoms with Gasteiger partial charge in [-0.1, -0.05) is 58.4 Å². The van der Waals surface area contributed by atoms with Crippen molar-refractivity contribution in [3.63, 3.8) is 0 Å². The van der Waals surface area contributed by atoms with Crippen molar-refractivity contribution in [2.75, 3.05) is 5.43 Å². The first-order chi connectivity index (χ1) is 11.2. The van der Waals surface area contributed by atoms with Crippen LogP contribution in [0.2, 0.25) is 0 Å². The van der Waals surface area contributed by atoms with E-state index in [1.165, 1.54) is 0 Å². The monoisotopic (exact) mass is 369 g/mol. The smallest absolute Gasteiger partial charge is 0.279 e. The van der Waals surface area contributed by atoms with Gasteiger partial charge in [0.1, 0.15) is 0 Å². The molecule has 0 aliphatic carbocycles. The largest absolute Gasteiger partial charge is 0.288 e. The Morgan fingerprint density at radius 3 is 2.48 bits per heavy atom. The highest BCUT2D eigenvalue weighted by molar-refractivity contribution is 9.10. The molecule has 7 heteroatoms. The van der Waals surface area contributed by atoms with Crippen molar-refractivity contribution in [1.29, 1.82) is 0 Å². The molecule has 0 radical (unpaired) electrons.